The van der Waals surface area contributed by atoms with Crippen LogP contribution in [-0.2, 0) is 9.53 Å². The maximum Gasteiger partial charge on any atom is 0.410 e. The van der Waals surface area contributed by atoms with E-state index < -0.39 is 0 Å². The van der Waals surface area contributed by atoms with Gasteiger partial charge in [-0.3, -0.25) is 4.79 Å². The first-order valence-electron chi connectivity index (χ1n) is 8.83. The van der Waals surface area contributed by atoms with E-state index in [2.05, 4.69) is 33.8 Å². The molecule has 0 unspecified atom stereocenters. The van der Waals surface area contributed by atoms with E-state index in [9.17, 15) is 9.59 Å². The molecule has 1 saturated carbocycles. The number of ether oxygens (including phenoxy) is 1. The molecule has 0 radical (unpaired) electrons. The predicted molar refractivity (Wildman–Crippen MR) is 89.0 cm³/mol. The summed E-state index contributed by atoms with van der Waals surface area (Å²) in [5.74, 6) is 1.35. The Morgan fingerprint density at radius 3 is 2.70 bits per heavy atom. The molecule has 0 spiro atoms. The van der Waals surface area contributed by atoms with E-state index in [4.69, 9.17) is 4.74 Å². The molecule has 4 atom stereocenters. The summed E-state index contributed by atoms with van der Waals surface area (Å²) in [6.45, 7) is 9.43. The number of carbonyl (C=O) groups excluding carboxylic acids is 2. The van der Waals surface area contributed by atoms with Gasteiger partial charge in [-0.2, -0.15) is 0 Å². The fourth-order valence-electron chi connectivity index (χ4n) is 5.33. The Morgan fingerprint density at radius 1 is 1.39 bits per heavy atom. The van der Waals surface area contributed by atoms with Crippen LogP contribution in [0.25, 0.3) is 0 Å². The Morgan fingerprint density at radius 2 is 2.09 bits per heavy atom. The molecule has 4 nitrogen and oxygen atoms in total. The maximum absolute atomic E-state index is 13.0. The van der Waals surface area contributed by atoms with Crippen molar-refractivity contribution in [2.75, 3.05) is 13.7 Å². The zero-order chi connectivity index (χ0) is 17.0. The van der Waals surface area contributed by atoms with Crippen LogP contribution in [0.2, 0.25) is 0 Å². The number of rotatable bonds is 1. The minimum Gasteiger partial charge on any atom is -0.453 e. The molecule has 4 heteroatoms. The molecule has 2 aliphatic carbocycles. The van der Waals surface area contributed by atoms with Crippen LogP contribution in [-0.4, -0.2) is 36.5 Å². The van der Waals surface area contributed by atoms with Gasteiger partial charge in [0, 0.05) is 29.8 Å². The standard InChI is InChI=1S/C19H29NO3/c1-12(2)13-9-15-19(4)14(11-20(15)17(22)23-5)7-6-8-16(21)18(19,3)10-13/h7,12-13,15H,6,8-11H2,1-5H3/t13-,15+,18+,19+/m0/s1. The quantitative estimate of drug-likeness (QED) is 0.691. The first-order chi connectivity index (χ1) is 10.8. The fourth-order valence-corrected chi connectivity index (χ4v) is 5.33. The summed E-state index contributed by atoms with van der Waals surface area (Å²) in [6, 6.07) is 0.0643. The van der Waals surface area contributed by atoms with E-state index >= 15 is 0 Å². The second-order valence-corrected chi connectivity index (χ2v) is 8.28. The zero-order valence-electron chi connectivity index (χ0n) is 15.0. The van der Waals surface area contributed by atoms with Gasteiger partial charge in [0.2, 0.25) is 0 Å². The summed E-state index contributed by atoms with van der Waals surface area (Å²) < 4.78 is 5.04. The molecule has 1 aliphatic heterocycles. The van der Waals surface area contributed by atoms with Gasteiger partial charge >= 0.3 is 6.09 Å². The van der Waals surface area contributed by atoms with Crippen LogP contribution in [0.3, 0.4) is 0 Å². The number of likely N-dealkylation sites (tertiary alicyclic amines) is 1. The third kappa shape index (κ3) is 2.10. The summed E-state index contributed by atoms with van der Waals surface area (Å²) in [7, 11) is 1.44. The lowest BCUT2D eigenvalue weighted by atomic mass is 9.49. The molecule has 1 saturated heterocycles. The minimum atomic E-state index is -0.379. The monoisotopic (exact) mass is 319 g/mol. The average molecular weight is 319 g/mol. The smallest absolute Gasteiger partial charge is 0.410 e. The van der Waals surface area contributed by atoms with Crippen molar-refractivity contribution in [2.24, 2.45) is 22.7 Å². The summed E-state index contributed by atoms with van der Waals surface area (Å²) in [5, 5.41) is 0. The summed E-state index contributed by atoms with van der Waals surface area (Å²) in [6.07, 6.45) is 5.28. The molecular formula is C19H29NO3. The lowest BCUT2D eigenvalue weighted by molar-refractivity contribution is -0.141. The van der Waals surface area contributed by atoms with Crippen molar-refractivity contribution in [2.45, 2.75) is 59.4 Å². The zero-order valence-corrected chi connectivity index (χ0v) is 15.0. The molecule has 0 N–H and O–H groups in total. The number of ketones is 1. The van der Waals surface area contributed by atoms with E-state index in [1.165, 1.54) is 12.7 Å². The van der Waals surface area contributed by atoms with Crippen LogP contribution in [0.15, 0.2) is 11.6 Å². The van der Waals surface area contributed by atoms with Crippen molar-refractivity contribution >= 4 is 11.9 Å². The first kappa shape index (κ1) is 16.5. The van der Waals surface area contributed by atoms with Crippen LogP contribution in [0.4, 0.5) is 4.79 Å². The highest BCUT2D eigenvalue weighted by Crippen LogP contribution is 2.63. The van der Waals surface area contributed by atoms with Gasteiger partial charge in [0.05, 0.1) is 7.11 Å². The van der Waals surface area contributed by atoms with Crippen LogP contribution < -0.4 is 0 Å². The van der Waals surface area contributed by atoms with Crippen LogP contribution >= 0.6 is 0 Å². The highest BCUT2D eigenvalue weighted by molar-refractivity contribution is 5.87. The van der Waals surface area contributed by atoms with Crippen molar-refractivity contribution in [3.8, 4) is 0 Å². The number of hydrogen-bond donors (Lipinski definition) is 0. The average Bonchev–Trinajstić information content (AvgIpc) is 2.75. The molecule has 0 aromatic rings. The van der Waals surface area contributed by atoms with E-state index in [0.717, 1.165) is 19.3 Å². The second kappa shape index (κ2) is 5.35. The molecule has 0 aromatic carbocycles. The van der Waals surface area contributed by atoms with Gasteiger partial charge in [-0.1, -0.05) is 33.8 Å². The Hall–Kier alpha value is -1.32. The van der Waals surface area contributed by atoms with Crippen LogP contribution in [0, 0.1) is 22.7 Å². The Balaban J connectivity index is 2.13. The van der Waals surface area contributed by atoms with Gasteiger partial charge in [-0.15, -0.1) is 0 Å². The molecule has 2 fully saturated rings. The third-order valence-corrected chi connectivity index (χ3v) is 7.12. The molecule has 1 amide bonds. The minimum absolute atomic E-state index is 0.0643. The van der Waals surface area contributed by atoms with E-state index in [0.29, 0.717) is 30.6 Å². The number of carbonyl (C=O) groups is 2. The summed E-state index contributed by atoms with van der Waals surface area (Å²) >= 11 is 0. The second-order valence-electron chi connectivity index (χ2n) is 8.28. The number of nitrogens with zero attached hydrogens (tertiary/aromatic N) is 1. The predicted octanol–water partition coefficient (Wildman–Crippen LogP) is 3.80. The van der Waals surface area contributed by atoms with Crippen LogP contribution in [0.5, 0.6) is 0 Å². The van der Waals surface area contributed by atoms with Crippen LogP contribution in [0.1, 0.15) is 53.4 Å². The molecular weight excluding hydrogens is 290 g/mol. The number of Topliss-reactive ketones (excluding diaryl/α,β-unsaturated/α-hetero) is 1. The topological polar surface area (TPSA) is 46.6 Å². The van der Waals surface area contributed by atoms with Crippen molar-refractivity contribution in [3.05, 3.63) is 11.6 Å². The Labute approximate surface area is 139 Å². The normalized spacial score (nSPS) is 39.8. The molecule has 1 heterocycles. The molecule has 3 rings (SSSR count). The van der Waals surface area contributed by atoms with Gasteiger partial charge in [-0.25, -0.2) is 4.79 Å². The van der Waals surface area contributed by atoms with Gasteiger partial charge in [-0.05, 0) is 36.7 Å². The highest BCUT2D eigenvalue weighted by atomic mass is 16.5. The molecule has 3 aliphatic rings. The van der Waals surface area contributed by atoms with Gasteiger partial charge in [0.15, 0.2) is 0 Å². The molecule has 0 aromatic heterocycles. The van der Waals surface area contributed by atoms with Crippen molar-refractivity contribution in [1.29, 1.82) is 0 Å². The first-order valence-corrected chi connectivity index (χ1v) is 8.83. The van der Waals surface area contributed by atoms with Gasteiger partial charge in [0.1, 0.15) is 5.78 Å². The number of allylic oxidation sites excluding steroid dienone is 1. The lowest BCUT2D eigenvalue weighted by Gasteiger charge is -2.54. The Kier molecular flexibility index (Phi) is 3.85. The summed E-state index contributed by atoms with van der Waals surface area (Å²) in [5.41, 5.74) is 0.638. The van der Waals surface area contributed by atoms with Gasteiger partial charge in [0.25, 0.3) is 0 Å². The molecule has 128 valence electrons. The van der Waals surface area contributed by atoms with Crippen molar-refractivity contribution < 1.29 is 14.3 Å². The number of amides is 1. The van der Waals surface area contributed by atoms with Gasteiger partial charge < -0.3 is 9.64 Å². The molecule has 0 bridgehead atoms. The fraction of sp³-hybridized carbons (Fsp3) is 0.789. The van der Waals surface area contributed by atoms with Crippen molar-refractivity contribution in [1.82, 2.24) is 4.90 Å². The van der Waals surface area contributed by atoms with E-state index in [1.807, 2.05) is 4.90 Å². The third-order valence-electron chi connectivity index (χ3n) is 7.12. The SMILES string of the molecule is COC(=O)N1CC2=CCCC(=O)[C@@]3(C)C[C@@H](C(C)C)C[C@@H]1[C@@]23C. The van der Waals surface area contributed by atoms with E-state index in [-0.39, 0.29) is 23.0 Å². The number of methoxy groups -OCH3 is 1. The largest absolute Gasteiger partial charge is 0.453 e. The van der Waals surface area contributed by atoms with E-state index in [1.54, 1.807) is 0 Å². The van der Waals surface area contributed by atoms with Crippen molar-refractivity contribution in [3.63, 3.8) is 0 Å². The Bertz CT molecular complexity index is 567. The lowest BCUT2D eigenvalue weighted by Crippen LogP contribution is -2.57. The molecule has 23 heavy (non-hydrogen) atoms. The summed E-state index contributed by atoms with van der Waals surface area (Å²) in [4.78, 5) is 27.3. The highest BCUT2D eigenvalue weighted by Gasteiger charge is 2.65. The maximum atomic E-state index is 13.0. The number of hydrogen-bond acceptors (Lipinski definition) is 3.